The van der Waals surface area contributed by atoms with Gasteiger partial charge in [-0.3, -0.25) is 4.79 Å². The number of carbonyl (C=O) groups excluding carboxylic acids is 1. The fourth-order valence-electron chi connectivity index (χ4n) is 6.50. The number of ether oxygens (including phenoxy) is 2. The van der Waals surface area contributed by atoms with Crippen molar-refractivity contribution >= 4 is 5.91 Å². The Bertz CT molecular complexity index is 967. The van der Waals surface area contributed by atoms with E-state index in [9.17, 15) is 30.3 Å². The van der Waals surface area contributed by atoms with E-state index in [4.69, 9.17) is 9.47 Å². The van der Waals surface area contributed by atoms with Crippen LogP contribution in [0.25, 0.3) is 0 Å². The van der Waals surface area contributed by atoms with Gasteiger partial charge in [0.25, 0.3) is 0 Å². The average molecular weight is 750 g/mol. The van der Waals surface area contributed by atoms with Gasteiger partial charge in [-0.25, -0.2) is 0 Å². The van der Waals surface area contributed by atoms with Crippen LogP contribution in [0.1, 0.15) is 168 Å². The predicted octanol–water partition coefficient (Wildman–Crippen LogP) is 8.28. The lowest BCUT2D eigenvalue weighted by molar-refractivity contribution is -0.302. The second kappa shape index (κ2) is 34.6. The van der Waals surface area contributed by atoms with Gasteiger partial charge in [-0.05, 0) is 51.4 Å². The molecule has 9 nitrogen and oxygen atoms in total. The van der Waals surface area contributed by atoms with Crippen molar-refractivity contribution in [1.82, 2.24) is 5.32 Å². The molecule has 0 saturated carbocycles. The van der Waals surface area contributed by atoms with Crippen LogP contribution >= 0.6 is 0 Å². The zero-order valence-corrected chi connectivity index (χ0v) is 33.5. The molecule has 1 rings (SSSR count). The van der Waals surface area contributed by atoms with Crippen LogP contribution < -0.4 is 5.32 Å². The molecule has 7 atom stereocenters. The van der Waals surface area contributed by atoms with Crippen LogP contribution in [0.5, 0.6) is 0 Å². The first-order chi connectivity index (χ1) is 25.8. The SMILES string of the molecule is CC/C=C\C/C=C\C/C=C\C/C=C\CCCCCCCCCCCCCCCCC(=O)NC(COC1OC(CO)C(O)C(O)C1O)C(O)CCCCC. The maximum absolute atomic E-state index is 12.8. The highest BCUT2D eigenvalue weighted by atomic mass is 16.7. The number of hydrogen-bond donors (Lipinski definition) is 6. The fraction of sp³-hybridized carbons (Fsp3) is 0.795. The van der Waals surface area contributed by atoms with Gasteiger partial charge in [0.2, 0.25) is 5.91 Å². The molecule has 0 aromatic carbocycles. The Morgan fingerprint density at radius 3 is 1.70 bits per heavy atom. The molecule has 0 aromatic rings. The van der Waals surface area contributed by atoms with Crippen molar-refractivity contribution in [2.75, 3.05) is 13.2 Å². The summed E-state index contributed by atoms with van der Waals surface area (Å²) >= 11 is 0. The standard InChI is InChI=1S/C44H79NO8/c1-3-5-7-8-9-10-11-12-13-14-15-16-17-18-19-20-21-22-23-24-25-26-27-28-29-30-32-34-40(48)45-37(38(47)33-31-6-4-2)36-52-44-43(51)42(50)41(49)39(35-46)53-44/h5,7,9-10,12-13,15-16,37-39,41-44,46-47,49-51H,3-4,6,8,11,14,17-36H2,1-2H3,(H,45,48)/b7-5-,10-9-,13-12-,16-15-. The highest BCUT2D eigenvalue weighted by Gasteiger charge is 2.44. The Balaban J connectivity index is 2.06. The van der Waals surface area contributed by atoms with E-state index in [0.29, 0.717) is 12.8 Å². The number of unbranched alkanes of at least 4 members (excludes halogenated alkanes) is 16. The lowest BCUT2D eigenvalue weighted by Crippen LogP contribution is -2.60. The van der Waals surface area contributed by atoms with Gasteiger partial charge in [0.05, 0.1) is 25.4 Å². The first-order valence-corrected chi connectivity index (χ1v) is 21.3. The number of aliphatic hydroxyl groups is 5. The predicted molar refractivity (Wildman–Crippen MR) is 216 cm³/mol. The van der Waals surface area contributed by atoms with Crippen molar-refractivity contribution in [3.63, 3.8) is 0 Å². The van der Waals surface area contributed by atoms with Crippen LogP contribution in [0.15, 0.2) is 48.6 Å². The van der Waals surface area contributed by atoms with E-state index in [0.717, 1.165) is 64.2 Å². The van der Waals surface area contributed by atoms with Crippen LogP contribution in [0, 0.1) is 0 Å². The van der Waals surface area contributed by atoms with Gasteiger partial charge in [0.15, 0.2) is 6.29 Å². The van der Waals surface area contributed by atoms with Crippen molar-refractivity contribution in [2.45, 2.75) is 211 Å². The van der Waals surface area contributed by atoms with E-state index in [1.165, 1.54) is 77.0 Å². The number of allylic oxidation sites excluding steroid dienone is 8. The maximum Gasteiger partial charge on any atom is 0.220 e. The Morgan fingerprint density at radius 1 is 0.660 bits per heavy atom. The first-order valence-electron chi connectivity index (χ1n) is 21.3. The molecule has 1 aliphatic rings. The van der Waals surface area contributed by atoms with E-state index >= 15 is 0 Å². The molecule has 0 aliphatic carbocycles. The smallest absolute Gasteiger partial charge is 0.220 e. The zero-order chi connectivity index (χ0) is 38.8. The summed E-state index contributed by atoms with van der Waals surface area (Å²) in [6.45, 7) is 3.54. The quantitative estimate of drug-likeness (QED) is 0.0285. The monoisotopic (exact) mass is 750 g/mol. The van der Waals surface area contributed by atoms with E-state index in [1.807, 2.05) is 0 Å². The molecular weight excluding hydrogens is 670 g/mol. The molecule has 1 fully saturated rings. The highest BCUT2D eigenvalue weighted by Crippen LogP contribution is 2.23. The van der Waals surface area contributed by atoms with Crippen molar-refractivity contribution in [2.24, 2.45) is 0 Å². The zero-order valence-electron chi connectivity index (χ0n) is 33.5. The molecule has 53 heavy (non-hydrogen) atoms. The van der Waals surface area contributed by atoms with E-state index < -0.39 is 49.5 Å². The minimum atomic E-state index is -1.55. The summed E-state index contributed by atoms with van der Waals surface area (Å²) in [6, 6.07) is -0.715. The highest BCUT2D eigenvalue weighted by molar-refractivity contribution is 5.76. The lowest BCUT2D eigenvalue weighted by Gasteiger charge is -2.40. The fourth-order valence-corrected chi connectivity index (χ4v) is 6.50. The molecule has 0 aromatic heterocycles. The van der Waals surface area contributed by atoms with Gasteiger partial charge in [-0.1, -0.05) is 159 Å². The van der Waals surface area contributed by atoms with Crippen LogP contribution in [0.4, 0.5) is 0 Å². The Kier molecular flexibility index (Phi) is 32.1. The average Bonchev–Trinajstić information content (AvgIpc) is 3.15. The van der Waals surface area contributed by atoms with Crippen molar-refractivity contribution in [3.8, 4) is 0 Å². The number of carbonyl (C=O) groups is 1. The van der Waals surface area contributed by atoms with Crippen molar-refractivity contribution in [3.05, 3.63) is 48.6 Å². The topological polar surface area (TPSA) is 149 Å². The normalized spacial score (nSPS) is 22.1. The molecular formula is C44H79NO8. The number of nitrogens with one attached hydrogen (secondary N) is 1. The third-order valence-electron chi connectivity index (χ3n) is 9.95. The molecule has 1 aliphatic heterocycles. The van der Waals surface area contributed by atoms with Gasteiger partial charge < -0.3 is 40.3 Å². The maximum atomic E-state index is 12.8. The summed E-state index contributed by atoms with van der Waals surface area (Å²) in [6.07, 6.45) is 36.5. The molecule has 1 amide bonds. The minimum Gasteiger partial charge on any atom is -0.394 e. The second-order valence-corrected chi connectivity index (χ2v) is 14.8. The van der Waals surface area contributed by atoms with Crippen LogP contribution in [0.2, 0.25) is 0 Å². The van der Waals surface area contributed by atoms with Crippen LogP contribution in [0.3, 0.4) is 0 Å². The van der Waals surface area contributed by atoms with Crippen LogP contribution in [-0.4, -0.2) is 87.5 Å². The third-order valence-corrected chi connectivity index (χ3v) is 9.95. The Hall–Kier alpha value is -1.85. The summed E-state index contributed by atoms with van der Waals surface area (Å²) in [5, 5.41) is 53.5. The Morgan fingerprint density at radius 2 is 1.17 bits per heavy atom. The largest absolute Gasteiger partial charge is 0.394 e. The third kappa shape index (κ3) is 25.8. The van der Waals surface area contributed by atoms with Crippen molar-refractivity contribution < 1.29 is 39.8 Å². The lowest BCUT2D eigenvalue weighted by atomic mass is 9.99. The summed E-state index contributed by atoms with van der Waals surface area (Å²) in [5.74, 6) is -0.159. The number of aliphatic hydroxyl groups excluding tert-OH is 5. The number of rotatable bonds is 34. The van der Waals surface area contributed by atoms with E-state index in [-0.39, 0.29) is 12.5 Å². The number of amides is 1. The van der Waals surface area contributed by atoms with Crippen LogP contribution in [-0.2, 0) is 14.3 Å². The second-order valence-electron chi connectivity index (χ2n) is 14.8. The molecule has 0 spiro atoms. The van der Waals surface area contributed by atoms with Gasteiger partial charge >= 0.3 is 0 Å². The van der Waals surface area contributed by atoms with E-state index in [2.05, 4.69) is 67.8 Å². The van der Waals surface area contributed by atoms with Gasteiger partial charge in [0.1, 0.15) is 24.4 Å². The molecule has 0 radical (unpaired) electrons. The van der Waals surface area contributed by atoms with E-state index in [1.54, 1.807) is 0 Å². The molecule has 0 bridgehead atoms. The van der Waals surface area contributed by atoms with Crippen molar-refractivity contribution in [1.29, 1.82) is 0 Å². The Labute approximate surface area is 323 Å². The summed E-state index contributed by atoms with van der Waals surface area (Å²) < 4.78 is 11.1. The molecule has 308 valence electrons. The molecule has 1 heterocycles. The summed E-state index contributed by atoms with van der Waals surface area (Å²) in [5.41, 5.74) is 0. The first kappa shape index (κ1) is 49.2. The van der Waals surface area contributed by atoms with Gasteiger partial charge in [-0.2, -0.15) is 0 Å². The van der Waals surface area contributed by atoms with Gasteiger partial charge in [0, 0.05) is 6.42 Å². The molecule has 1 saturated heterocycles. The summed E-state index contributed by atoms with van der Waals surface area (Å²) in [7, 11) is 0. The van der Waals surface area contributed by atoms with Gasteiger partial charge in [-0.15, -0.1) is 0 Å². The minimum absolute atomic E-state index is 0.144. The molecule has 6 N–H and O–H groups in total. The summed E-state index contributed by atoms with van der Waals surface area (Å²) in [4.78, 5) is 12.8. The number of hydrogen-bond acceptors (Lipinski definition) is 8. The molecule has 7 unspecified atom stereocenters. The molecule has 9 heteroatoms.